The molecule has 0 N–H and O–H groups in total. The van der Waals surface area contributed by atoms with Crippen molar-refractivity contribution in [1.29, 1.82) is 0 Å². The van der Waals surface area contributed by atoms with Gasteiger partial charge < -0.3 is 0 Å². The van der Waals surface area contributed by atoms with Crippen LogP contribution >= 0.6 is 0 Å². The Bertz CT molecular complexity index is 146. The predicted octanol–water partition coefficient (Wildman–Crippen LogP) is 4.67. The zero-order valence-corrected chi connectivity index (χ0v) is 10.6. The van der Waals surface area contributed by atoms with Gasteiger partial charge in [0.05, 0.1) is 0 Å². The van der Waals surface area contributed by atoms with Crippen molar-refractivity contribution in [3.8, 4) is 12.3 Å². The standard InChI is InChI=1S/C15H28.Li.H/c1-3-5-7-9-11-13-15-14-12-10-8-6-4-2;;/h1H,4-15H2,2H3;;. The Labute approximate surface area is 115 Å². The third-order valence-corrected chi connectivity index (χ3v) is 2.92. The van der Waals surface area contributed by atoms with Crippen molar-refractivity contribution in [2.45, 2.75) is 84.0 Å². The molecule has 0 aromatic rings. The molecule has 0 atom stereocenters. The molecule has 0 unspecified atom stereocenters. The molecule has 0 spiro atoms. The Kier molecular flexibility index (Phi) is 20.3. The summed E-state index contributed by atoms with van der Waals surface area (Å²) < 4.78 is 0. The third kappa shape index (κ3) is 16.6. The number of terminal acetylenes is 1. The Morgan fingerprint density at radius 1 is 0.688 bits per heavy atom. The van der Waals surface area contributed by atoms with E-state index in [9.17, 15) is 0 Å². The molecular formula is C15H29Li. The molecule has 0 bridgehead atoms. The van der Waals surface area contributed by atoms with E-state index in [2.05, 4.69) is 12.8 Å². The summed E-state index contributed by atoms with van der Waals surface area (Å²) in [6.07, 6.45) is 21.5. The van der Waals surface area contributed by atoms with Crippen molar-refractivity contribution in [3.63, 3.8) is 0 Å². The van der Waals surface area contributed by atoms with Crippen LogP contribution in [0.3, 0.4) is 0 Å². The molecule has 0 aliphatic heterocycles. The first-order valence-corrected chi connectivity index (χ1v) is 6.85. The maximum absolute atomic E-state index is 5.20. The summed E-state index contributed by atoms with van der Waals surface area (Å²) in [5, 5.41) is 0. The minimum atomic E-state index is 0. The molecular weight excluding hydrogens is 187 g/mol. The van der Waals surface area contributed by atoms with Crippen LogP contribution in [0.1, 0.15) is 84.0 Å². The van der Waals surface area contributed by atoms with E-state index in [1.807, 2.05) is 0 Å². The van der Waals surface area contributed by atoms with Gasteiger partial charge in [0.2, 0.25) is 0 Å². The van der Waals surface area contributed by atoms with Gasteiger partial charge >= 0.3 is 18.9 Å². The maximum atomic E-state index is 5.20. The fourth-order valence-corrected chi connectivity index (χ4v) is 1.89. The van der Waals surface area contributed by atoms with Crippen LogP contribution in [0.15, 0.2) is 0 Å². The van der Waals surface area contributed by atoms with Crippen molar-refractivity contribution in [3.05, 3.63) is 0 Å². The van der Waals surface area contributed by atoms with Crippen LogP contribution in [0, 0.1) is 12.3 Å². The molecule has 0 amide bonds. The fourth-order valence-electron chi connectivity index (χ4n) is 1.89. The number of hydrogen-bond acceptors (Lipinski definition) is 0. The molecule has 0 saturated carbocycles. The van der Waals surface area contributed by atoms with Crippen molar-refractivity contribution in [2.75, 3.05) is 0 Å². The summed E-state index contributed by atoms with van der Waals surface area (Å²) in [4.78, 5) is 0. The van der Waals surface area contributed by atoms with Crippen LogP contribution in [0.2, 0.25) is 0 Å². The average molecular weight is 216 g/mol. The van der Waals surface area contributed by atoms with Crippen LogP contribution in [0.25, 0.3) is 0 Å². The molecule has 0 rings (SSSR count). The van der Waals surface area contributed by atoms with E-state index in [0.717, 1.165) is 6.42 Å². The second-order valence-corrected chi connectivity index (χ2v) is 4.49. The van der Waals surface area contributed by atoms with Crippen molar-refractivity contribution in [2.24, 2.45) is 0 Å². The van der Waals surface area contributed by atoms with E-state index >= 15 is 0 Å². The second kappa shape index (κ2) is 17.5. The summed E-state index contributed by atoms with van der Waals surface area (Å²) in [7, 11) is 0. The Morgan fingerprint density at radius 3 is 1.44 bits per heavy atom. The SMILES string of the molecule is C#CCCCCCCCCCCCCC.[LiH]. The van der Waals surface area contributed by atoms with Crippen LogP contribution in [-0.2, 0) is 0 Å². The molecule has 0 aromatic heterocycles. The Hall–Kier alpha value is 0.157. The third-order valence-electron chi connectivity index (χ3n) is 2.92. The van der Waals surface area contributed by atoms with Crippen LogP contribution in [0.5, 0.6) is 0 Å². The first-order valence-electron chi connectivity index (χ1n) is 6.85. The summed E-state index contributed by atoms with van der Waals surface area (Å²) >= 11 is 0. The molecule has 0 nitrogen and oxygen atoms in total. The van der Waals surface area contributed by atoms with Gasteiger partial charge in [-0.05, 0) is 6.42 Å². The van der Waals surface area contributed by atoms with E-state index in [-0.39, 0.29) is 18.9 Å². The summed E-state index contributed by atoms with van der Waals surface area (Å²) in [6.45, 7) is 2.27. The fraction of sp³-hybridized carbons (Fsp3) is 0.867. The van der Waals surface area contributed by atoms with Gasteiger partial charge in [-0.1, -0.05) is 71.1 Å². The van der Waals surface area contributed by atoms with E-state index in [0.29, 0.717) is 0 Å². The molecule has 0 aromatic carbocycles. The first-order chi connectivity index (χ1) is 7.41. The zero-order chi connectivity index (χ0) is 11.2. The van der Waals surface area contributed by atoms with Gasteiger partial charge in [-0.15, -0.1) is 12.3 Å². The summed E-state index contributed by atoms with van der Waals surface area (Å²) in [5.74, 6) is 2.70. The van der Waals surface area contributed by atoms with E-state index < -0.39 is 0 Å². The molecule has 16 heavy (non-hydrogen) atoms. The quantitative estimate of drug-likeness (QED) is 0.267. The van der Waals surface area contributed by atoms with Gasteiger partial charge in [-0.3, -0.25) is 0 Å². The van der Waals surface area contributed by atoms with Gasteiger partial charge in [0, 0.05) is 6.42 Å². The Morgan fingerprint density at radius 2 is 1.06 bits per heavy atom. The van der Waals surface area contributed by atoms with Crippen molar-refractivity contribution in [1.82, 2.24) is 0 Å². The minimum absolute atomic E-state index is 0. The number of rotatable bonds is 11. The molecule has 0 fully saturated rings. The van der Waals surface area contributed by atoms with Gasteiger partial charge in [-0.25, -0.2) is 0 Å². The van der Waals surface area contributed by atoms with Gasteiger partial charge in [0.15, 0.2) is 0 Å². The normalized spacial score (nSPS) is 9.50. The zero-order valence-electron chi connectivity index (χ0n) is 10.6. The topological polar surface area (TPSA) is 0 Å². The van der Waals surface area contributed by atoms with Gasteiger partial charge in [-0.2, -0.15) is 0 Å². The molecule has 0 aliphatic carbocycles. The van der Waals surface area contributed by atoms with Crippen LogP contribution < -0.4 is 0 Å². The first kappa shape index (κ1) is 18.5. The Balaban J connectivity index is 0. The van der Waals surface area contributed by atoms with Crippen LogP contribution in [0.4, 0.5) is 0 Å². The van der Waals surface area contributed by atoms with Crippen molar-refractivity contribution < 1.29 is 0 Å². The van der Waals surface area contributed by atoms with E-state index in [1.165, 1.54) is 70.6 Å². The van der Waals surface area contributed by atoms with Gasteiger partial charge in [0.1, 0.15) is 0 Å². The molecule has 0 saturated heterocycles. The summed E-state index contributed by atoms with van der Waals surface area (Å²) in [6, 6.07) is 0. The van der Waals surface area contributed by atoms with Crippen LogP contribution in [-0.4, -0.2) is 18.9 Å². The molecule has 0 radical (unpaired) electrons. The average Bonchev–Trinajstić information content (AvgIpc) is 2.26. The monoisotopic (exact) mass is 216 g/mol. The number of unbranched alkanes of at least 4 members (excludes halogenated alkanes) is 11. The predicted molar refractivity (Wildman–Crippen MR) is 77.1 cm³/mol. The van der Waals surface area contributed by atoms with Crippen molar-refractivity contribution >= 4 is 18.9 Å². The second-order valence-electron chi connectivity index (χ2n) is 4.49. The molecule has 0 aliphatic rings. The van der Waals surface area contributed by atoms with E-state index in [1.54, 1.807) is 0 Å². The molecule has 0 heterocycles. The van der Waals surface area contributed by atoms with E-state index in [4.69, 9.17) is 6.42 Å². The van der Waals surface area contributed by atoms with Gasteiger partial charge in [0.25, 0.3) is 0 Å². The number of hydrogen-bond donors (Lipinski definition) is 0. The molecule has 1 heteroatoms. The molecule has 90 valence electrons. The summed E-state index contributed by atoms with van der Waals surface area (Å²) in [5.41, 5.74) is 0.